The maximum atomic E-state index is 12.6. The van der Waals surface area contributed by atoms with Gasteiger partial charge in [-0.25, -0.2) is 0 Å². The van der Waals surface area contributed by atoms with E-state index in [0.29, 0.717) is 12.8 Å². The van der Waals surface area contributed by atoms with Crippen LogP contribution in [0.5, 0.6) is 0 Å². The molecule has 0 saturated heterocycles. The molecule has 1 amide bonds. The lowest BCUT2D eigenvalue weighted by Crippen LogP contribution is -2.47. The first-order valence-electron chi connectivity index (χ1n) is 22.3. The number of hydrogen-bond acceptors (Lipinski definition) is 4. The molecular formula is C46H85NO5S. The van der Waals surface area contributed by atoms with Crippen molar-refractivity contribution in [3.8, 4) is 0 Å². The van der Waals surface area contributed by atoms with E-state index in [9.17, 15) is 22.9 Å². The van der Waals surface area contributed by atoms with Crippen molar-refractivity contribution in [3.63, 3.8) is 0 Å². The van der Waals surface area contributed by atoms with Crippen LogP contribution in [-0.2, 0) is 14.9 Å². The molecule has 6 nitrogen and oxygen atoms in total. The highest BCUT2D eigenvalue weighted by Crippen LogP contribution is 2.16. The van der Waals surface area contributed by atoms with Gasteiger partial charge in [-0.3, -0.25) is 9.35 Å². The molecule has 0 aromatic rings. The molecule has 0 heterocycles. The van der Waals surface area contributed by atoms with E-state index in [0.717, 1.165) is 77.0 Å². The number of carbonyl (C=O) groups is 1. The van der Waals surface area contributed by atoms with Crippen LogP contribution in [0.4, 0.5) is 0 Å². The van der Waals surface area contributed by atoms with Crippen LogP contribution >= 0.6 is 0 Å². The summed E-state index contributed by atoms with van der Waals surface area (Å²) >= 11 is 0. The van der Waals surface area contributed by atoms with E-state index in [1.54, 1.807) is 0 Å². The van der Waals surface area contributed by atoms with Gasteiger partial charge in [-0.2, -0.15) is 8.42 Å². The van der Waals surface area contributed by atoms with Gasteiger partial charge in [0.15, 0.2) is 0 Å². The Kier molecular flexibility index (Phi) is 38.7. The van der Waals surface area contributed by atoms with Gasteiger partial charge in [-0.05, 0) is 51.4 Å². The predicted octanol–water partition coefficient (Wildman–Crippen LogP) is 13.5. The fourth-order valence-corrected chi connectivity index (χ4v) is 7.50. The summed E-state index contributed by atoms with van der Waals surface area (Å²) in [5, 5.41) is 13.4. The zero-order chi connectivity index (χ0) is 38.9. The molecule has 0 aromatic carbocycles. The molecule has 53 heavy (non-hydrogen) atoms. The third-order valence-electron chi connectivity index (χ3n) is 10.0. The van der Waals surface area contributed by atoms with E-state index in [2.05, 4.69) is 67.8 Å². The molecule has 3 N–H and O–H groups in total. The number of amides is 1. The molecule has 0 aliphatic carbocycles. The summed E-state index contributed by atoms with van der Waals surface area (Å²) in [6.45, 7) is 4.42. The second-order valence-electron chi connectivity index (χ2n) is 15.3. The first-order valence-corrected chi connectivity index (χ1v) is 23.9. The Bertz CT molecular complexity index is 1020. The van der Waals surface area contributed by atoms with Gasteiger partial charge in [0.25, 0.3) is 10.1 Å². The normalized spacial score (nSPS) is 13.7. The molecule has 7 heteroatoms. The molecule has 0 aromatic heterocycles. The first kappa shape index (κ1) is 51.3. The predicted molar refractivity (Wildman–Crippen MR) is 230 cm³/mol. The van der Waals surface area contributed by atoms with E-state index < -0.39 is 28.0 Å². The van der Waals surface area contributed by atoms with Crippen molar-refractivity contribution < 1.29 is 22.9 Å². The van der Waals surface area contributed by atoms with Crippen molar-refractivity contribution in [2.75, 3.05) is 5.75 Å². The Hall–Kier alpha value is -1.70. The Morgan fingerprint density at radius 1 is 0.528 bits per heavy atom. The molecule has 2 unspecified atom stereocenters. The molecule has 0 spiro atoms. The largest absolute Gasteiger partial charge is 0.391 e. The van der Waals surface area contributed by atoms with Crippen LogP contribution < -0.4 is 5.32 Å². The van der Waals surface area contributed by atoms with Gasteiger partial charge in [-0.15, -0.1) is 0 Å². The molecule has 310 valence electrons. The lowest BCUT2D eigenvalue weighted by atomic mass is 10.0. The number of unbranched alkanes of at least 4 members (excludes halogenated alkanes) is 24. The van der Waals surface area contributed by atoms with Crippen molar-refractivity contribution in [2.45, 2.75) is 231 Å². The maximum Gasteiger partial charge on any atom is 0.266 e. The average Bonchev–Trinajstić information content (AvgIpc) is 3.12. The van der Waals surface area contributed by atoms with Crippen LogP contribution in [0.15, 0.2) is 48.6 Å². The molecule has 0 aliphatic heterocycles. The minimum absolute atomic E-state index is 0.254. The Morgan fingerprint density at radius 3 is 1.34 bits per heavy atom. The molecule has 0 aliphatic rings. The van der Waals surface area contributed by atoms with Crippen molar-refractivity contribution in [1.82, 2.24) is 5.32 Å². The summed E-state index contributed by atoms with van der Waals surface area (Å²) in [6, 6.07) is -0.977. The second kappa shape index (κ2) is 40.0. The van der Waals surface area contributed by atoms with Crippen molar-refractivity contribution >= 4 is 16.0 Å². The van der Waals surface area contributed by atoms with Crippen LogP contribution in [0.2, 0.25) is 0 Å². The van der Waals surface area contributed by atoms with Gasteiger partial charge in [0.1, 0.15) is 0 Å². The van der Waals surface area contributed by atoms with Crippen LogP contribution in [0, 0.1) is 0 Å². The number of carbonyl (C=O) groups excluding carboxylic acids is 1. The fraction of sp³-hybridized carbons (Fsp3) is 0.804. The van der Waals surface area contributed by atoms with E-state index in [1.807, 2.05) is 0 Å². The monoisotopic (exact) mass is 764 g/mol. The summed E-state index contributed by atoms with van der Waals surface area (Å²) < 4.78 is 32.6. The summed E-state index contributed by atoms with van der Waals surface area (Å²) in [6.07, 6.45) is 53.4. The fourth-order valence-electron chi connectivity index (χ4n) is 6.74. The SMILES string of the molecule is CC/C=C\C/C=C\C/C=C\C/C=C\CCCCCCCCCCC(=O)NC(CS(=O)(=O)O)C(O)CCCCCCCCCCCCCCCCCCC. The van der Waals surface area contributed by atoms with Crippen LogP contribution in [0.3, 0.4) is 0 Å². The highest BCUT2D eigenvalue weighted by molar-refractivity contribution is 7.85. The average molecular weight is 764 g/mol. The lowest BCUT2D eigenvalue weighted by Gasteiger charge is -2.23. The summed E-state index contributed by atoms with van der Waals surface area (Å²) in [5.74, 6) is -0.905. The second-order valence-corrected chi connectivity index (χ2v) is 16.8. The molecule has 0 radical (unpaired) electrons. The molecule has 0 saturated carbocycles. The Balaban J connectivity index is 3.84. The van der Waals surface area contributed by atoms with Gasteiger partial charge in [-0.1, -0.05) is 210 Å². The zero-order valence-corrected chi connectivity index (χ0v) is 35.5. The third kappa shape index (κ3) is 41.3. The Morgan fingerprint density at radius 2 is 0.906 bits per heavy atom. The number of nitrogens with one attached hydrogen (secondary N) is 1. The van der Waals surface area contributed by atoms with Gasteiger partial charge in [0.05, 0.1) is 17.9 Å². The minimum Gasteiger partial charge on any atom is -0.391 e. The van der Waals surface area contributed by atoms with E-state index >= 15 is 0 Å². The minimum atomic E-state index is -4.32. The van der Waals surface area contributed by atoms with Crippen LogP contribution in [0.25, 0.3) is 0 Å². The number of hydrogen-bond donors (Lipinski definition) is 3. The van der Waals surface area contributed by atoms with Crippen molar-refractivity contribution in [2.24, 2.45) is 0 Å². The van der Waals surface area contributed by atoms with Gasteiger partial charge >= 0.3 is 0 Å². The first-order chi connectivity index (χ1) is 25.8. The summed E-state index contributed by atoms with van der Waals surface area (Å²) in [7, 11) is -4.32. The number of rotatable bonds is 40. The quantitative estimate of drug-likeness (QED) is 0.0327. The summed E-state index contributed by atoms with van der Waals surface area (Å²) in [4.78, 5) is 12.6. The van der Waals surface area contributed by atoms with Crippen LogP contribution in [-0.4, -0.2) is 41.9 Å². The van der Waals surface area contributed by atoms with Gasteiger partial charge in [0.2, 0.25) is 5.91 Å². The van der Waals surface area contributed by atoms with Gasteiger partial charge in [0, 0.05) is 6.42 Å². The van der Waals surface area contributed by atoms with E-state index in [4.69, 9.17) is 0 Å². The topological polar surface area (TPSA) is 104 Å². The van der Waals surface area contributed by atoms with Crippen molar-refractivity contribution in [1.29, 1.82) is 0 Å². The molecular weight excluding hydrogens is 679 g/mol. The molecule has 0 rings (SSSR count). The number of allylic oxidation sites excluding steroid dienone is 8. The lowest BCUT2D eigenvalue weighted by molar-refractivity contribution is -0.122. The van der Waals surface area contributed by atoms with Gasteiger partial charge < -0.3 is 10.4 Å². The number of aliphatic hydroxyl groups excluding tert-OH is 1. The van der Waals surface area contributed by atoms with E-state index in [-0.39, 0.29) is 5.91 Å². The highest BCUT2D eigenvalue weighted by atomic mass is 32.2. The van der Waals surface area contributed by atoms with Crippen LogP contribution in [0.1, 0.15) is 219 Å². The maximum absolute atomic E-state index is 12.6. The standard InChI is InChI=1S/C46H85NO5S/c1-3-5-7-9-11-13-15-17-19-21-22-23-24-26-28-30-32-34-36-38-40-42-46(49)47-44(43-53(50,51)52)45(48)41-39-37-35-33-31-29-27-25-20-18-16-14-12-10-8-6-4-2/h5,7,11,13,17,19,22-23,44-45,48H,3-4,6,8-10,12,14-16,18,20-21,24-43H2,1-2H3,(H,47,49)(H,50,51,52)/b7-5-,13-11-,19-17-,23-22-. The molecule has 0 bridgehead atoms. The zero-order valence-electron chi connectivity index (χ0n) is 34.6. The summed E-state index contributed by atoms with van der Waals surface area (Å²) in [5.41, 5.74) is 0. The molecule has 2 atom stereocenters. The van der Waals surface area contributed by atoms with E-state index in [1.165, 1.54) is 116 Å². The Labute approximate surface area is 329 Å². The third-order valence-corrected chi connectivity index (χ3v) is 10.8. The van der Waals surface area contributed by atoms with Crippen molar-refractivity contribution in [3.05, 3.63) is 48.6 Å². The smallest absolute Gasteiger partial charge is 0.266 e. The highest BCUT2D eigenvalue weighted by Gasteiger charge is 2.26. The number of aliphatic hydroxyl groups is 1. The molecule has 0 fully saturated rings.